The molecule has 1 atom stereocenters. The number of hydrogen-bond acceptors (Lipinski definition) is 2. The molecule has 4 heteroatoms. The number of nitrogens with one attached hydrogen (secondary N) is 1. The highest BCUT2D eigenvalue weighted by Gasteiger charge is 2.31. The molecule has 4 nitrogen and oxygen atoms in total. The van der Waals surface area contributed by atoms with Gasteiger partial charge in [-0.15, -0.1) is 0 Å². The van der Waals surface area contributed by atoms with Gasteiger partial charge in [0.15, 0.2) is 0 Å². The molecule has 0 spiro atoms. The fraction of sp³-hybridized carbons (Fsp3) is 0.500. The Hall–Kier alpha value is -1.84. The predicted octanol–water partition coefficient (Wildman–Crippen LogP) is 1.93. The van der Waals surface area contributed by atoms with Crippen LogP contribution in [0.4, 0.5) is 0 Å². The van der Waals surface area contributed by atoms with Gasteiger partial charge in [0.25, 0.3) is 0 Å². The van der Waals surface area contributed by atoms with E-state index >= 15 is 0 Å². The van der Waals surface area contributed by atoms with Gasteiger partial charge in [0.05, 0.1) is 0 Å². The maximum Gasteiger partial charge on any atom is 0.243 e. The average Bonchev–Trinajstić information content (AvgIpc) is 2.86. The van der Waals surface area contributed by atoms with Crippen LogP contribution in [0.1, 0.15) is 36.5 Å². The minimum atomic E-state index is -0.293. The molecule has 1 saturated heterocycles. The summed E-state index contributed by atoms with van der Waals surface area (Å²) in [5.41, 5.74) is 3.52. The molecule has 0 radical (unpaired) electrons. The summed E-state index contributed by atoms with van der Waals surface area (Å²) in [5.74, 6) is -0.0631. The Labute approximate surface area is 120 Å². The Balaban J connectivity index is 1.96. The highest BCUT2D eigenvalue weighted by molar-refractivity contribution is 5.87. The lowest BCUT2D eigenvalue weighted by molar-refractivity contribution is -0.136. The molecule has 0 aliphatic carbocycles. The van der Waals surface area contributed by atoms with Crippen molar-refractivity contribution in [3.05, 3.63) is 34.9 Å². The zero-order valence-corrected chi connectivity index (χ0v) is 12.4. The first-order chi connectivity index (χ1) is 9.49. The third-order valence-corrected chi connectivity index (χ3v) is 3.91. The van der Waals surface area contributed by atoms with E-state index in [9.17, 15) is 9.59 Å². The molecule has 2 rings (SSSR count). The maximum atomic E-state index is 12.2. The normalized spacial score (nSPS) is 18.1. The molecule has 1 aliphatic rings. The summed E-state index contributed by atoms with van der Waals surface area (Å²) >= 11 is 0. The number of hydrogen-bond donors (Lipinski definition) is 1. The highest BCUT2D eigenvalue weighted by Crippen LogP contribution is 2.18. The van der Waals surface area contributed by atoms with Crippen LogP contribution in [-0.2, 0) is 16.1 Å². The quantitative estimate of drug-likeness (QED) is 0.915. The summed E-state index contributed by atoms with van der Waals surface area (Å²) in [6, 6.07) is 5.91. The lowest BCUT2D eigenvalue weighted by atomic mass is 10.1. The third kappa shape index (κ3) is 3.18. The number of amides is 2. The van der Waals surface area contributed by atoms with Crippen LogP contribution in [-0.4, -0.2) is 29.3 Å². The van der Waals surface area contributed by atoms with Crippen LogP contribution in [0, 0.1) is 13.8 Å². The number of rotatable bonds is 3. The topological polar surface area (TPSA) is 49.4 Å². The Morgan fingerprint density at radius 1 is 1.35 bits per heavy atom. The molecular weight excluding hydrogens is 252 g/mol. The van der Waals surface area contributed by atoms with E-state index < -0.39 is 0 Å². The van der Waals surface area contributed by atoms with Crippen molar-refractivity contribution in [1.82, 2.24) is 10.2 Å². The Morgan fingerprint density at radius 3 is 2.75 bits per heavy atom. The van der Waals surface area contributed by atoms with Crippen LogP contribution < -0.4 is 5.32 Å². The molecule has 0 saturated carbocycles. The number of nitrogens with zero attached hydrogens (tertiary/aromatic N) is 1. The molecule has 1 N–H and O–H groups in total. The fourth-order valence-corrected chi connectivity index (χ4v) is 2.76. The zero-order chi connectivity index (χ0) is 14.7. The van der Waals surface area contributed by atoms with Crippen LogP contribution in [0.15, 0.2) is 18.2 Å². The Bertz CT molecular complexity index is 525. The lowest BCUT2D eigenvalue weighted by Gasteiger charge is -2.22. The second-order valence-corrected chi connectivity index (χ2v) is 5.52. The second-order valence-electron chi connectivity index (χ2n) is 5.52. The summed E-state index contributed by atoms with van der Waals surface area (Å²) in [5, 5.41) is 2.95. The molecule has 1 aliphatic heterocycles. The predicted molar refractivity (Wildman–Crippen MR) is 78.2 cm³/mol. The van der Waals surface area contributed by atoms with Gasteiger partial charge in [0.2, 0.25) is 11.8 Å². The van der Waals surface area contributed by atoms with Crippen LogP contribution in [0.2, 0.25) is 0 Å². The smallest absolute Gasteiger partial charge is 0.243 e. The summed E-state index contributed by atoms with van der Waals surface area (Å²) in [7, 11) is 0. The van der Waals surface area contributed by atoms with Crippen molar-refractivity contribution in [1.29, 1.82) is 0 Å². The molecule has 0 bridgehead atoms. The molecule has 0 aromatic heterocycles. The molecule has 1 fully saturated rings. The third-order valence-electron chi connectivity index (χ3n) is 3.91. The van der Waals surface area contributed by atoms with Gasteiger partial charge >= 0.3 is 0 Å². The summed E-state index contributed by atoms with van der Waals surface area (Å²) in [4.78, 5) is 25.3. The number of carbonyl (C=O) groups is 2. The lowest BCUT2D eigenvalue weighted by Crippen LogP contribution is -2.44. The second kappa shape index (κ2) is 6.07. The maximum absolute atomic E-state index is 12.2. The van der Waals surface area contributed by atoms with E-state index in [2.05, 4.69) is 18.3 Å². The first-order valence-corrected chi connectivity index (χ1v) is 7.10. The van der Waals surface area contributed by atoms with Gasteiger partial charge in [-0.25, -0.2) is 0 Å². The summed E-state index contributed by atoms with van der Waals surface area (Å²) in [6.07, 6.45) is 1.67. The monoisotopic (exact) mass is 274 g/mol. The van der Waals surface area contributed by atoms with Crippen molar-refractivity contribution in [3.63, 3.8) is 0 Å². The number of carbonyl (C=O) groups excluding carboxylic acids is 2. The largest absolute Gasteiger partial charge is 0.350 e. The van der Waals surface area contributed by atoms with Crippen molar-refractivity contribution >= 4 is 11.8 Å². The standard InChI is InChI=1S/C16H22N2O2/c1-11-6-7-14(12(2)9-11)10-17-16(20)15-5-4-8-18(15)13(3)19/h6-7,9,15H,4-5,8,10H2,1-3H3,(H,17,20). The molecule has 1 aromatic rings. The van der Waals surface area contributed by atoms with Gasteiger partial charge in [-0.05, 0) is 37.8 Å². The summed E-state index contributed by atoms with van der Waals surface area (Å²) < 4.78 is 0. The van der Waals surface area contributed by atoms with Crippen LogP contribution in [0.25, 0.3) is 0 Å². The van der Waals surface area contributed by atoms with Gasteiger partial charge in [0.1, 0.15) is 6.04 Å². The fourth-order valence-electron chi connectivity index (χ4n) is 2.76. The van der Waals surface area contributed by atoms with E-state index in [1.165, 1.54) is 18.1 Å². The number of benzene rings is 1. The van der Waals surface area contributed by atoms with Crippen LogP contribution >= 0.6 is 0 Å². The Morgan fingerprint density at radius 2 is 2.10 bits per heavy atom. The molecule has 1 unspecified atom stereocenters. The van der Waals surface area contributed by atoms with E-state index in [0.29, 0.717) is 13.1 Å². The average molecular weight is 274 g/mol. The molecule has 1 heterocycles. The van der Waals surface area contributed by atoms with Gasteiger partial charge in [0, 0.05) is 20.0 Å². The van der Waals surface area contributed by atoms with Gasteiger partial charge in [-0.2, -0.15) is 0 Å². The molecule has 1 aromatic carbocycles. The van der Waals surface area contributed by atoms with Crippen molar-refractivity contribution in [2.75, 3.05) is 6.54 Å². The van der Waals surface area contributed by atoms with Crippen molar-refractivity contribution in [2.45, 2.75) is 46.2 Å². The molecular formula is C16H22N2O2. The van der Waals surface area contributed by atoms with E-state index in [-0.39, 0.29) is 17.9 Å². The Kier molecular flexibility index (Phi) is 4.42. The van der Waals surface area contributed by atoms with E-state index in [1.54, 1.807) is 4.90 Å². The van der Waals surface area contributed by atoms with Crippen molar-refractivity contribution in [3.8, 4) is 0 Å². The van der Waals surface area contributed by atoms with Gasteiger partial charge in [-0.1, -0.05) is 23.8 Å². The molecule has 2 amide bonds. The van der Waals surface area contributed by atoms with Crippen LogP contribution in [0.3, 0.4) is 0 Å². The van der Waals surface area contributed by atoms with Crippen LogP contribution in [0.5, 0.6) is 0 Å². The van der Waals surface area contributed by atoms with Gasteiger partial charge in [-0.3, -0.25) is 9.59 Å². The minimum absolute atomic E-state index is 0.0193. The zero-order valence-electron chi connectivity index (χ0n) is 12.4. The highest BCUT2D eigenvalue weighted by atomic mass is 16.2. The van der Waals surface area contributed by atoms with E-state index in [1.807, 2.05) is 19.1 Å². The van der Waals surface area contributed by atoms with Crippen molar-refractivity contribution in [2.24, 2.45) is 0 Å². The number of likely N-dealkylation sites (tertiary alicyclic amines) is 1. The first-order valence-electron chi connectivity index (χ1n) is 7.10. The molecule has 20 heavy (non-hydrogen) atoms. The van der Waals surface area contributed by atoms with Gasteiger partial charge < -0.3 is 10.2 Å². The summed E-state index contributed by atoms with van der Waals surface area (Å²) in [6.45, 7) is 6.84. The number of aryl methyl sites for hydroxylation is 2. The molecule has 108 valence electrons. The van der Waals surface area contributed by atoms with E-state index in [4.69, 9.17) is 0 Å². The SMILES string of the molecule is CC(=O)N1CCCC1C(=O)NCc1ccc(C)cc1C. The minimum Gasteiger partial charge on any atom is -0.350 e. The van der Waals surface area contributed by atoms with E-state index in [0.717, 1.165) is 18.4 Å². The first kappa shape index (κ1) is 14.6. The van der Waals surface area contributed by atoms with Crippen molar-refractivity contribution < 1.29 is 9.59 Å².